The van der Waals surface area contributed by atoms with Gasteiger partial charge in [-0.1, -0.05) is 6.07 Å². The maximum absolute atomic E-state index is 12.4. The first-order chi connectivity index (χ1) is 11.2. The molecule has 2 amide bonds. The van der Waals surface area contributed by atoms with Crippen LogP contribution >= 0.6 is 0 Å². The van der Waals surface area contributed by atoms with Gasteiger partial charge in [-0.2, -0.15) is 0 Å². The van der Waals surface area contributed by atoms with Crippen LogP contribution in [0, 0.1) is 0 Å². The topological polar surface area (TPSA) is 80.8 Å². The highest BCUT2D eigenvalue weighted by molar-refractivity contribution is 5.85. The van der Waals surface area contributed by atoms with Crippen LogP contribution < -0.4 is 10.1 Å². The van der Waals surface area contributed by atoms with Crippen LogP contribution in [0.5, 0.6) is 5.88 Å². The normalized spacial score (nSPS) is 18.8. The standard InChI is InChI=1S/C17H25N3O4/c1-12(19-16(22)24-17(2,3)4)15(21)20-10-8-13(11-20)23-14-7-5-6-9-18-14/h5-7,9,12-13H,8,10-11H2,1-4H3,(H,19,22). The number of pyridine rings is 1. The molecule has 0 aliphatic carbocycles. The fourth-order valence-electron chi connectivity index (χ4n) is 2.43. The lowest BCUT2D eigenvalue weighted by Crippen LogP contribution is -2.47. The Labute approximate surface area is 142 Å². The molecule has 2 heterocycles. The van der Waals surface area contributed by atoms with Crippen LogP contribution in [0.15, 0.2) is 24.4 Å². The molecule has 0 radical (unpaired) electrons. The summed E-state index contributed by atoms with van der Waals surface area (Å²) >= 11 is 0. The van der Waals surface area contributed by atoms with Crippen LogP contribution in [0.3, 0.4) is 0 Å². The molecule has 7 heteroatoms. The third kappa shape index (κ3) is 5.40. The number of carbonyl (C=O) groups is 2. The van der Waals surface area contributed by atoms with Crippen LogP contribution in [0.25, 0.3) is 0 Å². The molecular formula is C17H25N3O4. The van der Waals surface area contributed by atoms with E-state index in [-0.39, 0.29) is 12.0 Å². The predicted octanol–water partition coefficient (Wildman–Crippen LogP) is 1.97. The number of ether oxygens (including phenoxy) is 2. The Bertz CT molecular complexity index is 571. The van der Waals surface area contributed by atoms with E-state index in [2.05, 4.69) is 10.3 Å². The van der Waals surface area contributed by atoms with Crippen molar-refractivity contribution in [2.24, 2.45) is 0 Å². The average Bonchev–Trinajstić information content (AvgIpc) is 2.93. The molecule has 1 aromatic rings. The van der Waals surface area contributed by atoms with Gasteiger partial charge in [-0.05, 0) is 33.8 Å². The number of rotatable bonds is 4. The molecule has 1 aliphatic rings. The van der Waals surface area contributed by atoms with Crippen LogP contribution in [0.2, 0.25) is 0 Å². The number of aromatic nitrogens is 1. The van der Waals surface area contributed by atoms with Gasteiger partial charge in [0.05, 0.1) is 6.54 Å². The van der Waals surface area contributed by atoms with Crippen molar-refractivity contribution >= 4 is 12.0 Å². The summed E-state index contributed by atoms with van der Waals surface area (Å²) in [4.78, 5) is 30.0. The van der Waals surface area contributed by atoms with Gasteiger partial charge in [-0.15, -0.1) is 0 Å². The van der Waals surface area contributed by atoms with Crippen molar-refractivity contribution in [1.29, 1.82) is 0 Å². The number of likely N-dealkylation sites (tertiary alicyclic amines) is 1. The highest BCUT2D eigenvalue weighted by Gasteiger charge is 2.31. The van der Waals surface area contributed by atoms with E-state index in [1.54, 1.807) is 44.9 Å². The zero-order valence-electron chi connectivity index (χ0n) is 14.6. The second kappa shape index (κ2) is 7.51. The summed E-state index contributed by atoms with van der Waals surface area (Å²) in [6.07, 6.45) is 1.73. The third-order valence-corrected chi connectivity index (χ3v) is 3.49. The van der Waals surface area contributed by atoms with E-state index in [0.29, 0.717) is 19.0 Å². The molecule has 0 spiro atoms. The Hall–Kier alpha value is -2.31. The lowest BCUT2D eigenvalue weighted by atomic mass is 10.2. The molecular weight excluding hydrogens is 310 g/mol. The van der Waals surface area contributed by atoms with E-state index in [0.717, 1.165) is 6.42 Å². The van der Waals surface area contributed by atoms with E-state index < -0.39 is 17.7 Å². The molecule has 1 N–H and O–H groups in total. The zero-order valence-corrected chi connectivity index (χ0v) is 14.6. The number of hydrogen-bond acceptors (Lipinski definition) is 5. The van der Waals surface area contributed by atoms with Crippen LogP contribution in [0.4, 0.5) is 4.79 Å². The fourth-order valence-corrected chi connectivity index (χ4v) is 2.43. The number of nitrogens with one attached hydrogen (secondary N) is 1. The molecule has 2 rings (SSSR count). The Kier molecular flexibility index (Phi) is 5.64. The zero-order chi connectivity index (χ0) is 17.7. The van der Waals surface area contributed by atoms with E-state index in [1.807, 2.05) is 12.1 Å². The van der Waals surface area contributed by atoms with Crippen molar-refractivity contribution in [3.05, 3.63) is 24.4 Å². The molecule has 1 aliphatic heterocycles. The second-order valence-electron chi connectivity index (χ2n) is 6.85. The van der Waals surface area contributed by atoms with E-state index in [4.69, 9.17) is 9.47 Å². The summed E-state index contributed by atoms with van der Waals surface area (Å²) < 4.78 is 10.9. The van der Waals surface area contributed by atoms with Crippen molar-refractivity contribution < 1.29 is 19.1 Å². The second-order valence-corrected chi connectivity index (χ2v) is 6.85. The van der Waals surface area contributed by atoms with E-state index >= 15 is 0 Å². The number of hydrogen-bond donors (Lipinski definition) is 1. The summed E-state index contributed by atoms with van der Waals surface area (Å²) in [7, 11) is 0. The Morgan fingerprint density at radius 3 is 2.75 bits per heavy atom. The van der Waals surface area contributed by atoms with Crippen molar-refractivity contribution in [2.75, 3.05) is 13.1 Å². The van der Waals surface area contributed by atoms with Gasteiger partial charge >= 0.3 is 6.09 Å². The molecule has 2 unspecified atom stereocenters. The molecule has 0 bridgehead atoms. The summed E-state index contributed by atoms with van der Waals surface area (Å²) in [5.74, 6) is 0.407. The number of nitrogens with zero attached hydrogens (tertiary/aromatic N) is 2. The van der Waals surface area contributed by atoms with Crippen molar-refractivity contribution in [3.8, 4) is 5.88 Å². The fraction of sp³-hybridized carbons (Fsp3) is 0.588. The molecule has 0 aromatic carbocycles. The van der Waals surface area contributed by atoms with Crippen LogP contribution in [-0.2, 0) is 9.53 Å². The Balaban J connectivity index is 1.81. The van der Waals surface area contributed by atoms with Crippen LogP contribution in [-0.4, -0.2) is 52.7 Å². The maximum atomic E-state index is 12.4. The summed E-state index contributed by atoms with van der Waals surface area (Å²) in [6.45, 7) is 8.06. The number of amides is 2. The Morgan fingerprint density at radius 1 is 1.38 bits per heavy atom. The first kappa shape index (κ1) is 18.0. The highest BCUT2D eigenvalue weighted by atomic mass is 16.6. The quantitative estimate of drug-likeness (QED) is 0.910. The minimum absolute atomic E-state index is 0.0856. The molecule has 24 heavy (non-hydrogen) atoms. The van der Waals surface area contributed by atoms with Gasteiger partial charge in [0.15, 0.2) is 0 Å². The van der Waals surface area contributed by atoms with Crippen molar-refractivity contribution in [2.45, 2.75) is 51.9 Å². The van der Waals surface area contributed by atoms with Gasteiger partial charge in [0.2, 0.25) is 11.8 Å². The van der Waals surface area contributed by atoms with E-state index in [1.165, 1.54) is 0 Å². The lowest BCUT2D eigenvalue weighted by molar-refractivity contribution is -0.132. The molecule has 1 aromatic heterocycles. The lowest BCUT2D eigenvalue weighted by Gasteiger charge is -2.24. The van der Waals surface area contributed by atoms with Gasteiger partial charge in [-0.3, -0.25) is 4.79 Å². The SMILES string of the molecule is CC(NC(=O)OC(C)(C)C)C(=O)N1CCC(Oc2ccccn2)C1. The van der Waals surface area contributed by atoms with Gasteiger partial charge in [0, 0.05) is 25.2 Å². The van der Waals surface area contributed by atoms with Gasteiger partial charge in [0.1, 0.15) is 17.7 Å². The highest BCUT2D eigenvalue weighted by Crippen LogP contribution is 2.17. The molecule has 0 saturated carbocycles. The van der Waals surface area contributed by atoms with Gasteiger partial charge in [0.25, 0.3) is 0 Å². The number of carbonyl (C=O) groups excluding carboxylic acids is 2. The summed E-state index contributed by atoms with van der Waals surface area (Å²) in [5, 5.41) is 2.57. The molecule has 1 fully saturated rings. The van der Waals surface area contributed by atoms with Gasteiger partial charge < -0.3 is 19.7 Å². The Morgan fingerprint density at radius 2 is 2.12 bits per heavy atom. The largest absolute Gasteiger partial charge is 0.472 e. The average molecular weight is 335 g/mol. The molecule has 1 saturated heterocycles. The van der Waals surface area contributed by atoms with Crippen molar-refractivity contribution in [1.82, 2.24) is 15.2 Å². The maximum Gasteiger partial charge on any atom is 0.408 e. The minimum Gasteiger partial charge on any atom is -0.472 e. The third-order valence-electron chi connectivity index (χ3n) is 3.49. The number of alkyl carbamates (subject to hydrolysis) is 1. The summed E-state index contributed by atoms with van der Waals surface area (Å²) in [6, 6.07) is 4.82. The van der Waals surface area contributed by atoms with Crippen molar-refractivity contribution in [3.63, 3.8) is 0 Å². The predicted molar refractivity (Wildman–Crippen MR) is 88.7 cm³/mol. The first-order valence-corrected chi connectivity index (χ1v) is 8.10. The van der Waals surface area contributed by atoms with E-state index in [9.17, 15) is 9.59 Å². The minimum atomic E-state index is -0.645. The molecule has 132 valence electrons. The monoisotopic (exact) mass is 335 g/mol. The smallest absolute Gasteiger partial charge is 0.408 e. The summed E-state index contributed by atoms with van der Waals surface area (Å²) in [5.41, 5.74) is -0.595. The van der Waals surface area contributed by atoms with Gasteiger partial charge in [-0.25, -0.2) is 9.78 Å². The molecule has 7 nitrogen and oxygen atoms in total. The van der Waals surface area contributed by atoms with Crippen LogP contribution in [0.1, 0.15) is 34.1 Å². The first-order valence-electron chi connectivity index (χ1n) is 8.10. The molecule has 2 atom stereocenters.